The number of hydrogen-bond donors (Lipinski definition) is 2. The smallest absolute Gasteiger partial charge is 0.264 e. The van der Waals surface area contributed by atoms with Crippen LogP contribution in [0.25, 0.3) is 0 Å². The van der Waals surface area contributed by atoms with E-state index in [-0.39, 0.29) is 11.2 Å². The van der Waals surface area contributed by atoms with E-state index in [9.17, 15) is 13.0 Å². The Labute approximate surface area is 207 Å². The molecule has 2 aromatic rings. The molecule has 1 aliphatic carbocycles. The summed E-state index contributed by atoms with van der Waals surface area (Å²) in [6, 6.07) is 18.2. The summed E-state index contributed by atoms with van der Waals surface area (Å²) < 4.78 is 31.8. The maximum atomic E-state index is 11.3. The Morgan fingerprint density at radius 1 is 1.09 bits per heavy atom. The Hall–Kier alpha value is -2.54. The third-order valence-corrected chi connectivity index (χ3v) is 7.83. The number of allylic oxidation sites excluding steroid dienone is 5. The fourth-order valence-electron chi connectivity index (χ4n) is 4.78. The van der Waals surface area contributed by atoms with Gasteiger partial charge in [-0.15, -0.1) is 0 Å². The largest absolute Gasteiger partial charge is 0.361 e. The molecule has 7 heteroatoms. The van der Waals surface area contributed by atoms with E-state index in [0.29, 0.717) is 13.0 Å². The zero-order valence-electron chi connectivity index (χ0n) is 19.6. The van der Waals surface area contributed by atoms with Gasteiger partial charge in [0.15, 0.2) is 0 Å². The number of hydrogen-bond acceptors (Lipinski definition) is 4. The molecule has 1 aliphatic heterocycles. The van der Waals surface area contributed by atoms with Gasteiger partial charge in [-0.25, -0.2) is 0 Å². The molecule has 0 unspecified atom stereocenters. The van der Waals surface area contributed by atoms with Crippen molar-refractivity contribution < 1.29 is 13.0 Å². The number of nitrogens with one attached hydrogen (secondary N) is 1. The number of fused-ring (bicyclic) bond motifs is 1. The molecule has 180 valence electrons. The minimum atomic E-state index is -4.00. The van der Waals surface area contributed by atoms with Gasteiger partial charge in [0.05, 0.1) is 5.75 Å². The average molecular weight is 499 g/mol. The standard InChI is InChI=1S/C27H31ClN2O3S/c1-27(2)23-14-6-7-15-24(23)30(16-9-17-34(31,32)33)25(27)18-20-10-8-11-21(26(20)28)19-29-22-12-4-3-5-13-22/h3-7,12-15,18-19,29H,8-11,16-17H2,1-2H3,(H,31,32,33)/b21-19+,25-18-. The third-order valence-electron chi connectivity index (χ3n) is 6.54. The van der Waals surface area contributed by atoms with Gasteiger partial charge in [-0.05, 0) is 66.7 Å². The summed E-state index contributed by atoms with van der Waals surface area (Å²) in [7, 11) is -4.00. The molecule has 34 heavy (non-hydrogen) atoms. The molecule has 0 spiro atoms. The molecule has 0 aromatic heterocycles. The maximum absolute atomic E-state index is 11.3. The van der Waals surface area contributed by atoms with Crippen LogP contribution in [0.15, 0.2) is 88.7 Å². The topological polar surface area (TPSA) is 69.6 Å². The fraction of sp³-hybridized carbons (Fsp3) is 0.333. The van der Waals surface area contributed by atoms with Crippen LogP contribution < -0.4 is 10.2 Å². The Morgan fingerprint density at radius 2 is 1.79 bits per heavy atom. The monoisotopic (exact) mass is 498 g/mol. The molecule has 1 heterocycles. The van der Waals surface area contributed by atoms with Crippen LogP contribution in [0.3, 0.4) is 0 Å². The molecule has 0 radical (unpaired) electrons. The van der Waals surface area contributed by atoms with Gasteiger partial charge in [-0.1, -0.05) is 61.8 Å². The highest BCUT2D eigenvalue weighted by Gasteiger charge is 2.40. The fourth-order valence-corrected chi connectivity index (χ4v) is 5.57. The first-order valence-corrected chi connectivity index (χ1v) is 13.6. The molecule has 4 rings (SSSR count). The average Bonchev–Trinajstić information content (AvgIpc) is 3.01. The highest BCUT2D eigenvalue weighted by molar-refractivity contribution is 7.85. The number of para-hydroxylation sites is 2. The van der Waals surface area contributed by atoms with Crippen molar-refractivity contribution in [3.05, 3.63) is 94.3 Å². The van der Waals surface area contributed by atoms with Gasteiger partial charge in [0, 0.05) is 40.3 Å². The van der Waals surface area contributed by atoms with E-state index in [1.54, 1.807) is 0 Å². The molecular formula is C27H31ClN2O3S. The lowest BCUT2D eigenvalue weighted by atomic mass is 9.82. The lowest BCUT2D eigenvalue weighted by molar-refractivity contribution is 0.481. The summed E-state index contributed by atoms with van der Waals surface area (Å²) in [5.41, 5.74) is 6.28. The first kappa shape index (κ1) is 24.6. The Morgan fingerprint density at radius 3 is 2.53 bits per heavy atom. The molecule has 5 nitrogen and oxygen atoms in total. The molecule has 0 fully saturated rings. The second-order valence-corrected chi connectivity index (χ2v) is 11.3. The zero-order valence-corrected chi connectivity index (χ0v) is 21.2. The van der Waals surface area contributed by atoms with E-state index in [1.165, 1.54) is 5.56 Å². The quantitative estimate of drug-likeness (QED) is 0.420. The second-order valence-electron chi connectivity index (χ2n) is 9.34. The van der Waals surface area contributed by atoms with Crippen molar-refractivity contribution in [3.63, 3.8) is 0 Å². The van der Waals surface area contributed by atoms with E-state index in [4.69, 9.17) is 11.6 Å². The Bertz CT molecular complexity index is 1250. The van der Waals surface area contributed by atoms with Crippen molar-refractivity contribution in [3.8, 4) is 0 Å². The lowest BCUT2D eigenvalue weighted by Gasteiger charge is -2.29. The van der Waals surface area contributed by atoms with Crippen molar-refractivity contribution in [2.45, 2.75) is 44.9 Å². The van der Waals surface area contributed by atoms with Crippen molar-refractivity contribution >= 4 is 33.1 Å². The summed E-state index contributed by atoms with van der Waals surface area (Å²) in [6.45, 7) is 4.87. The highest BCUT2D eigenvalue weighted by atomic mass is 35.5. The summed E-state index contributed by atoms with van der Waals surface area (Å²) in [4.78, 5) is 2.18. The van der Waals surface area contributed by atoms with Crippen LogP contribution in [0, 0.1) is 0 Å². The molecule has 2 aliphatic rings. The van der Waals surface area contributed by atoms with Gasteiger partial charge < -0.3 is 10.2 Å². The highest BCUT2D eigenvalue weighted by Crippen LogP contribution is 2.48. The minimum Gasteiger partial charge on any atom is -0.361 e. The minimum absolute atomic E-state index is 0.261. The zero-order chi connectivity index (χ0) is 24.3. The van der Waals surface area contributed by atoms with Crippen LogP contribution in [-0.4, -0.2) is 25.3 Å². The molecule has 0 atom stereocenters. The third kappa shape index (κ3) is 5.40. The van der Waals surface area contributed by atoms with Crippen LogP contribution in [0.1, 0.15) is 45.1 Å². The summed E-state index contributed by atoms with van der Waals surface area (Å²) in [5, 5.41) is 4.12. The van der Waals surface area contributed by atoms with Gasteiger partial charge in [0.1, 0.15) is 0 Å². The summed E-state index contributed by atoms with van der Waals surface area (Å²) in [6.07, 6.45) is 7.32. The van der Waals surface area contributed by atoms with Crippen molar-refractivity contribution in [1.82, 2.24) is 0 Å². The number of nitrogens with zero attached hydrogens (tertiary/aromatic N) is 1. The van der Waals surface area contributed by atoms with Crippen LogP contribution in [0.5, 0.6) is 0 Å². The van der Waals surface area contributed by atoms with Crippen LogP contribution in [0.4, 0.5) is 11.4 Å². The Balaban J connectivity index is 1.68. The molecule has 2 N–H and O–H groups in total. The number of rotatable bonds is 7. The Kier molecular flexibility index (Phi) is 7.22. The number of anilines is 2. The molecule has 0 saturated heterocycles. The van der Waals surface area contributed by atoms with Crippen LogP contribution in [-0.2, 0) is 15.5 Å². The summed E-state index contributed by atoms with van der Waals surface area (Å²) >= 11 is 6.91. The molecule has 0 bridgehead atoms. The first-order chi connectivity index (χ1) is 16.2. The van der Waals surface area contributed by atoms with E-state index < -0.39 is 10.1 Å². The van der Waals surface area contributed by atoms with Gasteiger partial charge in [0.25, 0.3) is 10.1 Å². The molecule has 0 saturated carbocycles. The van der Waals surface area contributed by atoms with Gasteiger partial charge in [0.2, 0.25) is 0 Å². The SMILES string of the molecule is CC1(C)/C(=C/C2=C(Cl)C(=C/Nc3ccccc3)/CCC2)N(CCCS(=O)(=O)O)c2ccccc21. The molecular weight excluding hydrogens is 468 g/mol. The van der Waals surface area contributed by atoms with Gasteiger partial charge >= 0.3 is 0 Å². The van der Waals surface area contributed by atoms with E-state index in [1.807, 2.05) is 48.7 Å². The molecule has 2 aromatic carbocycles. The van der Waals surface area contributed by atoms with Crippen molar-refractivity contribution in [1.29, 1.82) is 0 Å². The predicted molar refractivity (Wildman–Crippen MR) is 141 cm³/mol. The van der Waals surface area contributed by atoms with Crippen LogP contribution >= 0.6 is 11.6 Å². The van der Waals surface area contributed by atoms with Gasteiger partial charge in [-0.3, -0.25) is 4.55 Å². The van der Waals surface area contributed by atoms with Crippen molar-refractivity contribution in [2.24, 2.45) is 0 Å². The maximum Gasteiger partial charge on any atom is 0.264 e. The van der Waals surface area contributed by atoms with Gasteiger partial charge in [-0.2, -0.15) is 8.42 Å². The van der Waals surface area contributed by atoms with E-state index >= 15 is 0 Å². The predicted octanol–water partition coefficient (Wildman–Crippen LogP) is 6.62. The van der Waals surface area contributed by atoms with Crippen LogP contribution in [0.2, 0.25) is 0 Å². The lowest BCUT2D eigenvalue weighted by Crippen LogP contribution is -2.28. The first-order valence-electron chi connectivity index (χ1n) is 11.6. The van der Waals surface area contributed by atoms with E-state index in [0.717, 1.165) is 52.5 Å². The number of benzene rings is 2. The normalized spacial score (nSPS) is 20.2. The number of halogens is 1. The van der Waals surface area contributed by atoms with E-state index in [2.05, 4.69) is 42.3 Å². The van der Waals surface area contributed by atoms with Crippen molar-refractivity contribution in [2.75, 3.05) is 22.5 Å². The second kappa shape index (κ2) is 9.98. The molecule has 0 amide bonds. The summed E-state index contributed by atoms with van der Waals surface area (Å²) in [5.74, 6) is -0.263.